The van der Waals surface area contributed by atoms with Crippen LogP contribution in [0.15, 0.2) is 18.2 Å². The molecule has 0 saturated carbocycles. The Bertz CT molecular complexity index is 394. The topological polar surface area (TPSA) is 37.3 Å². The van der Waals surface area contributed by atoms with Crippen LogP contribution in [0.25, 0.3) is 0 Å². The van der Waals surface area contributed by atoms with E-state index in [0.717, 1.165) is 17.9 Å². The van der Waals surface area contributed by atoms with Crippen LogP contribution >= 0.6 is 0 Å². The molecule has 0 unspecified atom stereocenters. The number of aryl methyl sites for hydroxylation is 2. The second-order valence-electron chi connectivity index (χ2n) is 5.47. The van der Waals surface area contributed by atoms with Crippen LogP contribution in [0.1, 0.15) is 49.8 Å². The summed E-state index contributed by atoms with van der Waals surface area (Å²) in [5.74, 6) is 0.00838. The molecule has 0 aliphatic heterocycles. The predicted octanol–water partition coefficient (Wildman–Crippen LogP) is 3.99. The van der Waals surface area contributed by atoms with Gasteiger partial charge in [0.15, 0.2) is 0 Å². The molecule has 0 heterocycles. The quantitative estimate of drug-likeness (QED) is 0.741. The lowest BCUT2D eigenvalue weighted by molar-refractivity contribution is -0.136. The smallest absolute Gasteiger partial charge is 0.307 e. The monoisotopic (exact) mass is 248 g/mol. The first kappa shape index (κ1) is 14.7. The van der Waals surface area contributed by atoms with Gasteiger partial charge < -0.3 is 5.11 Å². The Labute approximate surface area is 110 Å². The fraction of sp³-hybridized carbons (Fsp3) is 0.562. The average molecular weight is 248 g/mol. The van der Waals surface area contributed by atoms with Crippen molar-refractivity contribution in [1.82, 2.24) is 0 Å². The van der Waals surface area contributed by atoms with E-state index in [1.807, 2.05) is 12.1 Å². The molecule has 0 amide bonds. The van der Waals surface area contributed by atoms with Crippen molar-refractivity contribution in [1.29, 1.82) is 0 Å². The molecular formula is C16H24O2. The minimum absolute atomic E-state index is 0.124. The number of aliphatic carboxylic acids is 1. The Balaban J connectivity index is 2.55. The van der Waals surface area contributed by atoms with Crippen LogP contribution in [0.2, 0.25) is 0 Å². The summed E-state index contributed by atoms with van der Waals surface area (Å²) in [6, 6.07) is 6.01. The number of hydrogen-bond acceptors (Lipinski definition) is 1. The van der Waals surface area contributed by atoms with E-state index in [2.05, 4.69) is 26.8 Å². The van der Waals surface area contributed by atoms with Gasteiger partial charge in [0.1, 0.15) is 0 Å². The van der Waals surface area contributed by atoms with Crippen molar-refractivity contribution in [2.24, 2.45) is 5.92 Å². The zero-order valence-corrected chi connectivity index (χ0v) is 11.7. The summed E-state index contributed by atoms with van der Waals surface area (Å²) in [5, 5.41) is 8.80. The Morgan fingerprint density at radius 1 is 1.28 bits per heavy atom. The van der Waals surface area contributed by atoms with Gasteiger partial charge in [-0.05, 0) is 42.4 Å². The minimum Gasteiger partial charge on any atom is -0.481 e. The van der Waals surface area contributed by atoms with Gasteiger partial charge in [-0.2, -0.15) is 0 Å². The first-order valence-electron chi connectivity index (χ1n) is 6.79. The molecule has 1 aromatic carbocycles. The molecular weight excluding hydrogens is 224 g/mol. The second-order valence-corrected chi connectivity index (χ2v) is 5.47. The zero-order valence-electron chi connectivity index (χ0n) is 11.7. The van der Waals surface area contributed by atoms with Crippen LogP contribution in [-0.4, -0.2) is 11.1 Å². The fourth-order valence-electron chi connectivity index (χ4n) is 2.15. The molecule has 2 nitrogen and oxygen atoms in total. The summed E-state index contributed by atoms with van der Waals surface area (Å²) in [7, 11) is 0. The molecule has 18 heavy (non-hydrogen) atoms. The van der Waals surface area contributed by atoms with Crippen LogP contribution in [-0.2, 0) is 17.6 Å². The highest BCUT2D eigenvalue weighted by molar-refractivity contribution is 5.70. The van der Waals surface area contributed by atoms with E-state index in [9.17, 15) is 4.79 Å². The Kier molecular flexibility index (Phi) is 5.90. The molecule has 0 radical (unpaired) electrons. The number of carboxylic acids is 1. The standard InChI is InChI=1S/C16H24O2/c1-12(2)6-4-5-7-15-10-14(11-16(17)18)9-8-13(15)3/h8-10,12H,4-7,11H2,1-3H3,(H,17,18). The highest BCUT2D eigenvalue weighted by atomic mass is 16.4. The number of hydrogen-bond donors (Lipinski definition) is 1. The maximum atomic E-state index is 10.7. The zero-order chi connectivity index (χ0) is 13.5. The number of benzene rings is 1. The van der Waals surface area contributed by atoms with Crippen molar-refractivity contribution in [3.63, 3.8) is 0 Å². The normalized spacial score (nSPS) is 10.9. The Hall–Kier alpha value is -1.31. The van der Waals surface area contributed by atoms with E-state index < -0.39 is 5.97 Å². The van der Waals surface area contributed by atoms with Gasteiger partial charge >= 0.3 is 5.97 Å². The maximum absolute atomic E-state index is 10.7. The first-order valence-corrected chi connectivity index (χ1v) is 6.79. The summed E-state index contributed by atoms with van der Waals surface area (Å²) >= 11 is 0. The lowest BCUT2D eigenvalue weighted by Gasteiger charge is -2.09. The van der Waals surface area contributed by atoms with Gasteiger partial charge in [-0.15, -0.1) is 0 Å². The lowest BCUT2D eigenvalue weighted by Crippen LogP contribution is -2.01. The van der Waals surface area contributed by atoms with Crippen molar-refractivity contribution in [2.45, 2.75) is 52.9 Å². The minimum atomic E-state index is -0.760. The van der Waals surface area contributed by atoms with E-state index >= 15 is 0 Å². The van der Waals surface area contributed by atoms with Crippen molar-refractivity contribution in [3.8, 4) is 0 Å². The largest absolute Gasteiger partial charge is 0.481 e. The highest BCUT2D eigenvalue weighted by Crippen LogP contribution is 2.16. The summed E-state index contributed by atoms with van der Waals surface area (Å²) in [4.78, 5) is 10.7. The third-order valence-corrected chi connectivity index (χ3v) is 3.25. The Morgan fingerprint density at radius 3 is 2.61 bits per heavy atom. The van der Waals surface area contributed by atoms with E-state index in [0.29, 0.717) is 0 Å². The molecule has 1 N–H and O–H groups in total. The molecule has 0 aliphatic rings. The number of carbonyl (C=O) groups is 1. The maximum Gasteiger partial charge on any atom is 0.307 e. The molecule has 0 atom stereocenters. The number of unbranched alkanes of at least 4 members (excludes halogenated alkanes) is 1. The predicted molar refractivity (Wildman–Crippen MR) is 74.9 cm³/mol. The SMILES string of the molecule is Cc1ccc(CC(=O)O)cc1CCCCC(C)C. The van der Waals surface area contributed by atoms with Crippen LogP contribution in [0.3, 0.4) is 0 Å². The molecule has 0 fully saturated rings. The van der Waals surface area contributed by atoms with Crippen molar-refractivity contribution < 1.29 is 9.90 Å². The van der Waals surface area contributed by atoms with E-state index in [1.165, 1.54) is 30.4 Å². The van der Waals surface area contributed by atoms with Crippen LogP contribution in [0.4, 0.5) is 0 Å². The van der Waals surface area contributed by atoms with Gasteiger partial charge in [-0.3, -0.25) is 4.79 Å². The van der Waals surface area contributed by atoms with Gasteiger partial charge in [-0.1, -0.05) is 44.9 Å². The van der Waals surface area contributed by atoms with Gasteiger partial charge in [0, 0.05) is 0 Å². The molecule has 1 aromatic rings. The molecule has 0 bridgehead atoms. The van der Waals surface area contributed by atoms with Crippen molar-refractivity contribution >= 4 is 5.97 Å². The third-order valence-electron chi connectivity index (χ3n) is 3.25. The van der Waals surface area contributed by atoms with Crippen molar-refractivity contribution in [3.05, 3.63) is 34.9 Å². The second kappa shape index (κ2) is 7.20. The summed E-state index contributed by atoms with van der Waals surface area (Å²) < 4.78 is 0. The van der Waals surface area contributed by atoms with Gasteiger partial charge in [0.25, 0.3) is 0 Å². The molecule has 0 spiro atoms. The summed E-state index contributed by atoms with van der Waals surface area (Å²) in [5.41, 5.74) is 3.48. The molecule has 0 aliphatic carbocycles. The fourth-order valence-corrected chi connectivity index (χ4v) is 2.15. The lowest BCUT2D eigenvalue weighted by atomic mass is 9.97. The number of rotatable bonds is 7. The molecule has 1 rings (SSSR count). The summed E-state index contributed by atoms with van der Waals surface area (Å²) in [6.07, 6.45) is 4.90. The summed E-state index contributed by atoms with van der Waals surface area (Å²) in [6.45, 7) is 6.60. The molecule has 0 saturated heterocycles. The van der Waals surface area contributed by atoms with E-state index in [4.69, 9.17) is 5.11 Å². The van der Waals surface area contributed by atoms with E-state index in [-0.39, 0.29) is 6.42 Å². The van der Waals surface area contributed by atoms with Gasteiger partial charge in [-0.25, -0.2) is 0 Å². The van der Waals surface area contributed by atoms with Crippen LogP contribution < -0.4 is 0 Å². The first-order chi connectivity index (χ1) is 8.49. The van der Waals surface area contributed by atoms with Crippen LogP contribution in [0.5, 0.6) is 0 Å². The Morgan fingerprint density at radius 2 is 2.00 bits per heavy atom. The van der Waals surface area contributed by atoms with E-state index in [1.54, 1.807) is 0 Å². The molecule has 0 aromatic heterocycles. The van der Waals surface area contributed by atoms with Crippen LogP contribution in [0, 0.1) is 12.8 Å². The number of carboxylic acid groups (broad SMARTS) is 1. The molecule has 2 heteroatoms. The third kappa shape index (κ3) is 5.35. The van der Waals surface area contributed by atoms with Gasteiger partial charge in [0.05, 0.1) is 6.42 Å². The molecule has 100 valence electrons. The van der Waals surface area contributed by atoms with Crippen molar-refractivity contribution in [2.75, 3.05) is 0 Å². The highest BCUT2D eigenvalue weighted by Gasteiger charge is 2.04. The average Bonchev–Trinajstić information content (AvgIpc) is 2.27. The van der Waals surface area contributed by atoms with Gasteiger partial charge in [0.2, 0.25) is 0 Å².